The maximum absolute atomic E-state index is 2.34. The van der Waals surface area contributed by atoms with E-state index < -0.39 is 0 Å². The molecule has 0 aliphatic rings. The van der Waals surface area contributed by atoms with Crippen molar-refractivity contribution in [2.75, 3.05) is 0 Å². The van der Waals surface area contributed by atoms with Crippen molar-refractivity contribution in [2.24, 2.45) is 0 Å². The summed E-state index contributed by atoms with van der Waals surface area (Å²) in [4.78, 5) is 0. The minimum atomic E-state index is 0.596. The molecule has 62 valence electrons. The Balaban J connectivity index is 3.02. The summed E-state index contributed by atoms with van der Waals surface area (Å²) in [6, 6.07) is 2.86. The number of rotatable bonds is 2. The van der Waals surface area contributed by atoms with Gasteiger partial charge in [-0.3, -0.25) is 0 Å². The van der Waals surface area contributed by atoms with Crippen molar-refractivity contribution < 1.29 is 0 Å². The largest absolute Gasteiger partial charge is 0.349 e. The molecule has 1 rings (SSSR count). The van der Waals surface area contributed by atoms with Crippen molar-refractivity contribution in [2.45, 2.75) is 40.2 Å². The predicted octanol–water partition coefficient (Wildman–Crippen LogP) is 2.94. The highest BCUT2D eigenvalue weighted by Gasteiger charge is 2.03. The molecule has 1 aromatic rings. The van der Waals surface area contributed by atoms with Crippen LogP contribution >= 0.6 is 0 Å². The first-order valence-electron chi connectivity index (χ1n) is 4.32. The van der Waals surface area contributed by atoms with Gasteiger partial charge in [0.05, 0.1) is 0 Å². The molecule has 0 N–H and O–H groups in total. The summed E-state index contributed by atoms with van der Waals surface area (Å²) in [6.07, 6.45) is 3.36. The zero-order chi connectivity index (χ0) is 8.43. The lowest BCUT2D eigenvalue weighted by Crippen LogP contribution is -2.02. The molecule has 0 saturated carbocycles. The standard InChI is InChI=1S/C10H17N/c1-5-10-6-9(4)7-11(10)8(2)3/h6-8H,5H2,1-4H3. The molecule has 0 saturated heterocycles. The van der Waals surface area contributed by atoms with E-state index in [1.54, 1.807) is 0 Å². The molecule has 0 atom stereocenters. The van der Waals surface area contributed by atoms with Crippen LogP contribution in [0.15, 0.2) is 12.3 Å². The van der Waals surface area contributed by atoms with E-state index in [-0.39, 0.29) is 0 Å². The van der Waals surface area contributed by atoms with Crippen molar-refractivity contribution >= 4 is 0 Å². The van der Waals surface area contributed by atoms with Crippen LogP contribution < -0.4 is 0 Å². The molecule has 0 unspecified atom stereocenters. The molecule has 0 bridgehead atoms. The first-order valence-corrected chi connectivity index (χ1v) is 4.32. The highest BCUT2D eigenvalue weighted by atomic mass is 15.0. The SMILES string of the molecule is CCc1cc(C)cn1C(C)C. The zero-order valence-corrected chi connectivity index (χ0v) is 7.89. The number of hydrogen-bond acceptors (Lipinski definition) is 0. The molecule has 0 spiro atoms. The summed E-state index contributed by atoms with van der Waals surface area (Å²) in [5.41, 5.74) is 2.81. The Morgan fingerprint density at radius 2 is 2.09 bits per heavy atom. The molecule has 0 aromatic carbocycles. The Morgan fingerprint density at radius 3 is 2.45 bits per heavy atom. The molecule has 1 nitrogen and oxygen atoms in total. The Bertz CT molecular complexity index is 233. The number of aromatic nitrogens is 1. The van der Waals surface area contributed by atoms with Gasteiger partial charge in [-0.1, -0.05) is 6.92 Å². The third kappa shape index (κ3) is 1.65. The van der Waals surface area contributed by atoms with Gasteiger partial charge in [0.25, 0.3) is 0 Å². The molecule has 1 aromatic heterocycles. The van der Waals surface area contributed by atoms with Crippen molar-refractivity contribution in [3.05, 3.63) is 23.5 Å². The quantitative estimate of drug-likeness (QED) is 0.612. The van der Waals surface area contributed by atoms with Crippen LogP contribution in [0.3, 0.4) is 0 Å². The number of aryl methyl sites for hydroxylation is 2. The van der Waals surface area contributed by atoms with Gasteiger partial charge in [-0.2, -0.15) is 0 Å². The van der Waals surface area contributed by atoms with Crippen LogP contribution in [0.4, 0.5) is 0 Å². The summed E-state index contributed by atoms with van der Waals surface area (Å²) in [6.45, 7) is 8.79. The summed E-state index contributed by atoms with van der Waals surface area (Å²) >= 11 is 0. The van der Waals surface area contributed by atoms with Crippen LogP contribution in [0.25, 0.3) is 0 Å². The van der Waals surface area contributed by atoms with Gasteiger partial charge in [-0.05, 0) is 38.8 Å². The fourth-order valence-electron chi connectivity index (χ4n) is 1.44. The zero-order valence-electron chi connectivity index (χ0n) is 7.89. The van der Waals surface area contributed by atoms with Crippen molar-refractivity contribution in [3.8, 4) is 0 Å². The van der Waals surface area contributed by atoms with Gasteiger partial charge in [-0.25, -0.2) is 0 Å². The van der Waals surface area contributed by atoms with Gasteiger partial charge in [0.2, 0.25) is 0 Å². The van der Waals surface area contributed by atoms with Crippen LogP contribution in [0.2, 0.25) is 0 Å². The molecular formula is C10H17N. The van der Waals surface area contributed by atoms with Gasteiger partial charge >= 0.3 is 0 Å². The van der Waals surface area contributed by atoms with E-state index in [4.69, 9.17) is 0 Å². The highest BCUT2D eigenvalue weighted by molar-refractivity contribution is 5.17. The van der Waals surface area contributed by atoms with E-state index in [2.05, 4.69) is 44.5 Å². The second-order valence-corrected chi connectivity index (χ2v) is 3.36. The summed E-state index contributed by atoms with van der Waals surface area (Å²) in [5.74, 6) is 0. The fraction of sp³-hybridized carbons (Fsp3) is 0.600. The smallest absolute Gasteiger partial charge is 0.0276 e. The molecule has 11 heavy (non-hydrogen) atoms. The Labute approximate surface area is 69.0 Å². The number of hydrogen-bond donors (Lipinski definition) is 0. The topological polar surface area (TPSA) is 4.93 Å². The average Bonchev–Trinajstić information content (AvgIpc) is 2.30. The van der Waals surface area contributed by atoms with E-state index in [0.29, 0.717) is 6.04 Å². The third-order valence-corrected chi connectivity index (χ3v) is 1.99. The van der Waals surface area contributed by atoms with Gasteiger partial charge in [0, 0.05) is 17.9 Å². The highest BCUT2D eigenvalue weighted by Crippen LogP contribution is 2.14. The van der Waals surface area contributed by atoms with E-state index in [0.717, 1.165) is 6.42 Å². The lowest BCUT2D eigenvalue weighted by molar-refractivity contribution is 0.579. The fourth-order valence-corrected chi connectivity index (χ4v) is 1.44. The molecule has 1 heteroatoms. The van der Waals surface area contributed by atoms with Crippen LogP contribution in [0.1, 0.15) is 38.1 Å². The first-order chi connectivity index (χ1) is 5.15. The summed E-state index contributed by atoms with van der Waals surface area (Å²) in [5, 5.41) is 0. The molecule has 1 heterocycles. The van der Waals surface area contributed by atoms with Gasteiger partial charge in [0.15, 0.2) is 0 Å². The van der Waals surface area contributed by atoms with Crippen LogP contribution in [0, 0.1) is 6.92 Å². The van der Waals surface area contributed by atoms with Crippen molar-refractivity contribution in [1.82, 2.24) is 4.57 Å². The van der Waals surface area contributed by atoms with Crippen LogP contribution in [-0.4, -0.2) is 4.57 Å². The monoisotopic (exact) mass is 151 g/mol. The van der Waals surface area contributed by atoms with Crippen molar-refractivity contribution in [1.29, 1.82) is 0 Å². The molecular weight excluding hydrogens is 134 g/mol. The lowest BCUT2D eigenvalue weighted by Gasteiger charge is -2.10. The second-order valence-electron chi connectivity index (χ2n) is 3.36. The Kier molecular flexibility index (Phi) is 2.38. The van der Waals surface area contributed by atoms with Crippen molar-refractivity contribution in [3.63, 3.8) is 0 Å². The average molecular weight is 151 g/mol. The maximum atomic E-state index is 2.34. The van der Waals surface area contributed by atoms with E-state index in [1.165, 1.54) is 11.3 Å². The molecule has 0 aliphatic carbocycles. The summed E-state index contributed by atoms with van der Waals surface area (Å²) in [7, 11) is 0. The third-order valence-electron chi connectivity index (χ3n) is 1.99. The van der Waals surface area contributed by atoms with Gasteiger partial charge in [0.1, 0.15) is 0 Å². The number of nitrogens with zero attached hydrogens (tertiary/aromatic N) is 1. The first kappa shape index (κ1) is 8.38. The molecule has 0 fully saturated rings. The predicted molar refractivity (Wildman–Crippen MR) is 48.9 cm³/mol. The van der Waals surface area contributed by atoms with Crippen LogP contribution in [-0.2, 0) is 6.42 Å². The van der Waals surface area contributed by atoms with Gasteiger partial charge in [-0.15, -0.1) is 0 Å². The van der Waals surface area contributed by atoms with Crippen LogP contribution in [0.5, 0.6) is 0 Å². The molecule has 0 aliphatic heterocycles. The Hall–Kier alpha value is -0.720. The lowest BCUT2D eigenvalue weighted by atomic mass is 10.3. The molecule has 0 amide bonds. The minimum Gasteiger partial charge on any atom is -0.349 e. The van der Waals surface area contributed by atoms with E-state index in [1.807, 2.05) is 0 Å². The maximum Gasteiger partial charge on any atom is 0.0276 e. The van der Waals surface area contributed by atoms with E-state index >= 15 is 0 Å². The van der Waals surface area contributed by atoms with Gasteiger partial charge < -0.3 is 4.57 Å². The normalized spacial score (nSPS) is 11.0. The second kappa shape index (κ2) is 3.12. The van der Waals surface area contributed by atoms with E-state index in [9.17, 15) is 0 Å². The molecule has 0 radical (unpaired) electrons. The Morgan fingerprint density at radius 1 is 1.45 bits per heavy atom. The summed E-state index contributed by atoms with van der Waals surface area (Å²) < 4.78 is 2.34. The minimum absolute atomic E-state index is 0.596.